The summed E-state index contributed by atoms with van der Waals surface area (Å²) in [7, 11) is 0. The van der Waals surface area contributed by atoms with Crippen molar-refractivity contribution in [2.24, 2.45) is 0 Å². The predicted octanol–water partition coefficient (Wildman–Crippen LogP) is 2.87. The summed E-state index contributed by atoms with van der Waals surface area (Å²) in [5.74, 6) is -3.72. The summed E-state index contributed by atoms with van der Waals surface area (Å²) in [4.78, 5) is 6.73. The molecule has 0 aliphatic heterocycles. The molecule has 0 aliphatic rings. The first-order valence-electron chi connectivity index (χ1n) is 4.52. The van der Waals surface area contributed by atoms with Gasteiger partial charge in [0.05, 0.1) is 11.3 Å². The highest BCUT2D eigenvalue weighted by atomic mass is 19.2. The lowest BCUT2D eigenvalue weighted by Gasteiger charge is -2.02. The van der Waals surface area contributed by atoms with E-state index in [2.05, 4.69) is 9.97 Å². The first kappa shape index (κ1) is 10.6. The van der Waals surface area contributed by atoms with Crippen LogP contribution >= 0.6 is 0 Å². The summed E-state index contributed by atoms with van der Waals surface area (Å²) in [5.41, 5.74) is 0.952. The number of halogens is 3. The molecule has 0 fully saturated rings. The summed E-state index contributed by atoms with van der Waals surface area (Å²) in [6.45, 7) is 1.82. The van der Waals surface area contributed by atoms with Crippen LogP contribution in [0, 0.1) is 24.6 Å². The Morgan fingerprint density at radius 3 is 2.44 bits per heavy atom. The second-order valence-corrected chi connectivity index (χ2v) is 3.32. The lowest BCUT2D eigenvalue weighted by atomic mass is 10.1. The SMILES string of the molecule is Cc1ccc(-c2cc(F)c(F)nc2F)nc1. The Balaban J connectivity index is 2.56. The third-order valence-corrected chi connectivity index (χ3v) is 2.07. The molecular formula is C11H7F3N2. The second-order valence-electron chi connectivity index (χ2n) is 3.32. The minimum Gasteiger partial charge on any atom is -0.256 e. The van der Waals surface area contributed by atoms with Gasteiger partial charge in [0.1, 0.15) is 0 Å². The van der Waals surface area contributed by atoms with E-state index in [0.29, 0.717) is 0 Å². The van der Waals surface area contributed by atoms with Gasteiger partial charge in [0.25, 0.3) is 5.95 Å². The topological polar surface area (TPSA) is 25.8 Å². The van der Waals surface area contributed by atoms with Crippen LogP contribution < -0.4 is 0 Å². The number of pyridine rings is 2. The molecule has 2 aromatic heterocycles. The number of hydrogen-bond acceptors (Lipinski definition) is 2. The van der Waals surface area contributed by atoms with Crippen LogP contribution in [0.3, 0.4) is 0 Å². The number of aromatic nitrogens is 2. The van der Waals surface area contributed by atoms with Gasteiger partial charge in [-0.1, -0.05) is 6.07 Å². The molecule has 0 spiro atoms. The van der Waals surface area contributed by atoms with Gasteiger partial charge in [0, 0.05) is 6.20 Å². The van der Waals surface area contributed by atoms with Crippen LogP contribution in [0.2, 0.25) is 0 Å². The molecule has 2 nitrogen and oxygen atoms in total. The highest BCUT2D eigenvalue weighted by Gasteiger charge is 2.13. The quantitative estimate of drug-likeness (QED) is 0.696. The number of nitrogens with zero attached hydrogens (tertiary/aromatic N) is 2. The molecule has 0 aromatic carbocycles. The number of hydrogen-bond donors (Lipinski definition) is 0. The van der Waals surface area contributed by atoms with Crippen LogP contribution in [-0.4, -0.2) is 9.97 Å². The Labute approximate surface area is 89.8 Å². The van der Waals surface area contributed by atoms with E-state index in [-0.39, 0.29) is 11.3 Å². The molecule has 82 valence electrons. The number of aryl methyl sites for hydroxylation is 1. The average molecular weight is 224 g/mol. The fourth-order valence-electron chi connectivity index (χ4n) is 1.25. The molecule has 2 rings (SSSR count). The van der Waals surface area contributed by atoms with Crippen molar-refractivity contribution < 1.29 is 13.2 Å². The molecule has 0 amide bonds. The zero-order chi connectivity index (χ0) is 11.7. The van der Waals surface area contributed by atoms with Crippen LogP contribution in [0.1, 0.15) is 5.56 Å². The number of rotatable bonds is 1. The van der Waals surface area contributed by atoms with E-state index >= 15 is 0 Å². The molecule has 0 N–H and O–H groups in total. The van der Waals surface area contributed by atoms with Crippen molar-refractivity contribution in [1.82, 2.24) is 9.97 Å². The molecule has 0 atom stereocenters. The zero-order valence-electron chi connectivity index (χ0n) is 8.34. The fourth-order valence-corrected chi connectivity index (χ4v) is 1.25. The largest absolute Gasteiger partial charge is 0.256 e. The fraction of sp³-hybridized carbons (Fsp3) is 0.0909. The van der Waals surface area contributed by atoms with Gasteiger partial charge < -0.3 is 0 Å². The van der Waals surface area contributed by atoms with Gasteiger partial charge in [-0.3, -0.25) is 4.98 Å². The third kappa shape index (κ3) is 1.88. The standard InChI is InChI=1S/C11H7F3N2/c1-6-2-3-9(15-5-6)7-4-8(12)11(14)16-10(7)13/h2-5H,1H3. The maximum absolute atomic E-state index is 13.3. The maximum atomic E-state index is 13.3. The van der Waals surface area contributed by atoms with E-state index in [0.717, 1.165) is 11.6 Å². The molecule has 0 saturated heterocycles. The van der Waals surface area contributed by atoms with E-state index in [1.807, 2.05) is 6.92 Å². The van der Waals surface area contributed by atoms with E-state index in [9.17, 15) is 13.2 Å². The normalized spacial score (nSPS) is 10.5. The molecule has 16 heavy (non-hydrogen) atoms. The maximum Gasteiger partial charge on any atom is 0.251 e. The summed E-state index contributed by atoms with van der Waals surface area (Å²) < 4.78 is 38.7. The van der Waals surface area contributed by atoms with Crippen LogP contribution in [0.15, 0.2) is 24.4 Å². The first-order chi connectivity index (χ1) is 7.58. The van der Waals surface area contributed by atoms with Crippen molar-refractivity contribution in [3.8, 4) is 11.3 Å². The summed E-state index contributed by atoms with van der Waals surface area (Å²) in [6, 6.07) is 3.96. The summed E-state index contributed by atoms with van der Waals surface area (Å²) in [5, 5.41) is 0. The van der Waals surface area contributed by atoms with Crippen molar-refractivity contribution in [3.05, 3.63) is 47.7 Å². The van der Waals surface area contributed by atoms with E-state index < -0.39 is 17.7 Å². The van der Waals surface area contributed by atoms with Gasteiger partial charge in [-0.15, -0.1) is 0 Å². The predicted molar refractivity (Wildman–Crippen MR) is 52.1 cm³/mol. The highest BCUT2D eigenvalue weighted by molar-refractivity contribution is 5.58. The van der Waals surface area contributed by atoms with Gasteiger partial charge in [-0.05, 0) is 24.6 Å². The Hall–Kier alpha value is -1.91. The zero-order valence-corrected chi connectivity index (χ0v) is 8.34. The molecule has 0 radical (unpaired) electrons. The van der Waals surface area contributed by atoms with E-state index in [1.165, 1.54) is 12.3 Å². The average Bonchev–Trinajstić information content (AvgIpc) is 2.25. The molecule has 2 aromatic rings. The molecular weight excluding hydrogens is 217 g/mol. The van der Waals surface area contributed by atoms with E-state index in [4.69, 9.17) is 0 Å². The van der Waals surface area contributed by atoms with E-state index in [1.54, 1.807) is 6.07 Å². The Bertz CT molecular complexity index is 523. The van der Waals surface area contributed by atoms with Crippen molar-refractivity contribution in [1.29, 1.82) is 0 Å². The van der Waals surface area contributed by atoms with Crippen molar-refractivity contribution in [3.63, 3.8) is 0 Å². The van der Waals surface area contributed by atoms with Crippen molar-refractivity contribution in [2.75, 3.05) is 0 Å². The summed E-state index contributed by atoms with van der Waals surface area (Å²) in [6.07, 6.45) is 1.51. The highest BCUT2D eigenvalue weighted by Crippen LogP contribution is 2.21. The third-order valence-electron chi connectivity index (χ3n) is 2.07. The van der Waals surface area contributed by atoms with Gasteiger partial charge >= 0.3 is 0 Å². The Morgan fingerprint density at radius 1 is 1.06 bits per heavy atom. The smallest absolute Gasteiger partial charge is 0.251 e. The first-order valence-corrected chi connectivity index (χ1v) is 4.52. The Kier molecular flexibility index (Phi) is 2.60. The lowest BCUT2D eigenvalue weighted by molar-refractivity contribution is 0.449. The van der Waals surface area contributed by atoms with Gasteiger partial charge in [0.15, 0.2) is 5.82 Å². The summed E-state index contributed by atoms with van der Waals surface area (Å²) >= 11 is 0. The Morgan fingerprint density at radius 2 is 1.81 bits per heavy atom. The monoisotopic (exact) mass is 224 g/mol. The van der Waals surface area contributed by atoms with Gasteiger partial charge in [-0.2, -0.15) is 13.8 Å². The molecule has 0 aliphatic carbocycles. The van der Waals surface area contributed by atoms with Crippen molar-refractivity contribution in [2.45, 2.75) is 6.92 Å². The van der Waals surface area contributed by atoms with Crippen LogP contribution in [0.25, 0.3) is 11.3 Å². The minimum absolute atomic E-state index is 0.154. The van der Waals surface area contributed by atoms with Crippen LogP contribution in [0.5, 0.6) is 0 Å². The van der Waals surface area contributed by atoms with Crippen LogP contribution in [-0.2, 0) is 0 Å². The molecule has 0 unspecified atom stereocenters. The molecule has 2 heterocycles. The van der Waals surface area contributed by atoms with Gasteiger partial charge in [0.2, 0.25) is 5.95 Å². The van der Waals surface area contributed by atoms with Crippen molar-refractivity contribution >= 4 is 0 Å². The van der Waals surface area contributed by atoms with Gasteiger partial charge in [-0.25, -0.2) is 4.39 Å². The molecule has 0 bridgehead atoms. The minimum atomic E-state index is -1.45. The lowest BCUT2D eigenvalue weighted by Crippen LogP contribution is -1.98. The molecule has 5 heteroatoms. The van der Waals surface area contributed by atoms with Crippen LogP contribution in [0.4, 0.5) is 13.2 Å². The molecule has 0 saturated carbocycles. The second kappa shape index (κ2) is 3.92.